The van der Waals surface area contributed by atoms with E-state index in [-0.39, 0.29) is 17.8 Å². The lowest BCUT2D eigenvalue weighted by Gasteiger charge is -2.30. The van der Waals surface area contributed by atoms with Gasteiger partial charge in [-0.25, -0.2) is 0 Å². The molecule has 2 unspecified atom stereocenters. The summed E-state index contributed by atoms with van der Waals surface area (Å²) in [5.74, 6) is -0.839. The predicted octanol–water partition coefficient (Wildman–Crippen LogP) is 0.213. The second-order valence-electron chi connectivity index (χ2n) is 4.00. The zero-order valence-corrected chi connectivity index (χ0v) is 8.36. The first-order chi connectivity index (χ1) is 6.74. The number of esters is 1. The van der Waals surface area contributed by atoms with Gasteiger partial charge in [-0.05, 0) is 19.4 Å². The fraction of sp³-hybridized carbons (Fsp3) is 0.800. The molecule has 4 heteroatoms. The van der Waals surface area contributed by atoms with Crippen LogP contribution in [-0.2, 0) is 14.3 Å². The highest BCUT2D eigenvalue weighted by atomic mass is 16.5. The van der Waals surface area contributed by atoms with Gasteiger partial charge in [-0.2, -0.15) is 0 Å². The molecule has 2 saturated heterocycles. The molecule has 0 aromatic carbocycles. The molecule has 0 N–H and O–H groups in total. The van der Waals surface area contributed by atoms with Crippen LogP contribution in [-0.4, -0.2) is 42.9 Å². The van der Waals surface area contributed by atoms with Gasteiger partial charge in [0.15, 0.2) is 5.78 Å². The molecule has 0 amide bonds. The molecular weight excluding hydrogens is 182 g/mol. The normalized spacial score (nSPS) is 32.8. The second kappa shape index (κ2) is 3.69. The number of hydrogen-bond acceptors (Lipinski definition) is 4. The van der Waals surface area contributed by atoms with E-state index in [2.05, 4.69) is 9.64 Å². The summed E-state index contributed by atoms with van der Waals surface area (Å²) in [4.78, 5) is 25.1. The van der Waals surface area contributed by atoms with Gasteiger partial charge >= 0.3 is 5.97 Å². The van der Waals surface area contributed by atoms with Crippen molar-refractivity contribution in [3.63, 3.8) is 0 Å². The molecule has 2 aliphatic heterocycles. The summed E-state index contributed by atoms with van der Waals surface area (Å²) >= 11 is 0. The number of methoxy groups -OCH3 is 1. The number of rotatable bonds is 1. The third kappa shape index (κ3) is 1.43. The molecule has 0 bridgehead atoms. The SMILES string of the molecule is COC(=O)C1C(=O)CN2CCCCC12. The maximum atomic E-state index is 11.6. The largest absolute Gasteiger partial charge is 0.468 e. The average molecular weight is 197 g/mol. The Labute approximate surface area is 83.2 Å². The minimum absolute atomic E-state index is 0.0313. The van der Waals surface area contributed by atoms with Crippen molar-refractivity contribution in [2.24, 2.45) is 5.92 Å². The summed E-state index contributed by atoms with van der Waals surface area (Å²) < 4.78 is 4.67. The van der Waals surface area contributed by atoms with E-state index in [9.17, 15) is 9.59 Å². The molecule has 0 spiro atoms. The summed E-state index contributed by atoms with van der Waals surface area (Å²) in [6.07, 6.45) is 3.20. The lowest BCUT2D eigenvalue weighted by molar-refractivity contribution is -0.149. The lowest BCUT2D eigenvalue weighted by atomic mass is 9.93. The minimum Gasteiger partial charge on any atom is -0.468 e. The maximum absolute atomic E-state index is 11.6. The average Bonchev–Trinajstić information content (AvgIpc) is 2.53. The molecule has 2 aliphatic rings. The van der Waals surface area contributed by atoms with Crippen molar-refractivity contribution in [1.29, 1.82) is 0 Å². The fourth-order valence-corrected chi connectivity index (χ4v) is 2.52. The standard InChI is InChI=1S/C10H15NO3/c1-14-10(13)9-7-4-2-3-5-11(7)6-8(9)12/h7,9H,2-6H2,1H3. The van der Waals surface area contributed by atoms with Crippen LogP contribution < -0.4 is 0 Å². The molecule has 14 heavy (non-hydrogen) atoms. The fourth-order valence-electron chi connectivity index (χ4n) is 2.52. The van der Waals surface area contributed by atoms with E-state index >= 15 is 0 Å². The van der Waals surface area contributed by atoms with Crippen molar-refractivity contribution >= 4 is 11.8 Å². The number of piperidine rings is 1. The highest BCUT2D eigenvalue weighted by Crippen LogP contribution is 2.30. The van der Waals surface area contributed by atoms with E-state index in [4.69, 9.17) is 0 Å². The summed E-state index contributed by atoms with van der Waals surface area (Å²) in [6.45, 7) is 1.38. The van der Waals surface area contributed by atoms with Gasteiger partial charge in [0.25, 0.3) is 0 Å². The first kappa shape index (κ1) is 9.65. The van der Waals surface area contributed by atoms with Crippen LogP contribution in [0.5, 0.6) is 0 Å². The highest BCUT2D eigenvalue weighted by Gasteiger charge is 2.46. The Hall–Kier alpha value is -0.900. The Kier molecular flexibility index (Phi) is 2.54. The van der Waals surface area contributed by atoms with E-state index < -0.39 is 5.92 Å². The third-order valence-electron chi connectivity index (χ3n) is 3.21. The van der Waals surface area contributed by atoms with Gasteiger partial charge in [-0.1, -0.05) is 6.42 Å². The van der Waals surface area contributed by atoms with Crippen molar-refractivity contribution in [2.75, 3.05) is 20.2 Å². The number of ketones is 1. The topological polar surface area (TPSA) is 46.6 Å². The van der Waals surface area contributed by atoms with E-state index in [1.807, 2.05) is 0 Å². The molecule has 78 valence electrons. The van der Waals surface area contributed by atoms with Crippen LogP contribution in [0.4, 0.5) is 0 Å². The number of nitrogens with zero attached hydrogens (tertiary/aromatic N) is 1. The molecule has 2 rings (SSSR count). The van der Waals surface area contributed by atoms with Crippen molar-refractivity contribution in [3.8, 4) is 0 Å². The Morgan fingerprint density at radius 1 is 1.50 bits per heavy atom. The summed E-state index contributed by atoms with van der Waals surface area (Å²) in [5, 5.41) is 0. The van der Waals surface area contributed by atoms with Crippen LogP contribution in [0.15, 0.2) is 0 Å². The van der Waals surface area contributed by atoms with Crippen molar-refractivity contribution < 1.29 is 14.3 Å². The van der Waals surface area contributed by atoms with Crippen LogP contribution in [0.3, 0.4) is 0 Å². The zero-order chi connectivity index (χ0) is 10.1. The second-order valence-corrected chi connectivity index (χ2v) is 4.00. The van der Waals surface area contributed by atoms with Gasteiger partial charge in [0.1, 0.15) is 5.92 Å². The molecule has 0 saturated carbocycles. The number of carbonyl (C=O) groups is 2. The number of Topliss-reactive ketones (excluding diaryl/α,β-unsaturated/α-hetero) is 1. The predicted molar refractivity (Wildman–Crippen MR) is 49.7 cm³/mol. The Morgan fingerprint density at radius 2 is 2.29 bits per heavy atom. The minimum atomic E-state index is -0.514. The van der Waals surface area contributed by atoms with Gasteiger partial charge in [0, 0.05) is 6.04 Å². The monoisotopic (exact) mass is 197 g/mol. The summed E-state index contributed by atoms with van der Waals surface area (Å²) in [6, 6.07) is 0.115. The van der Waals surface area contributed by atoms with E-state index in [1.165, 1.54) is 7.11 Å². The number of carbonyl (C=O) groups excluding carboxylic acids is 2. The van der Waals surface area contributed by atoms with Crippen molar-refractivity contribution in [1.82, 2.24) is 4.90 Å². The van der Waals surface area contributed by atoms with E-state index in [0.717, 1.165) is 25.8 Å². The van der Waals surface area contributed by atoms with Gasteiger partial charge in [0.2, 0.25) is 0 Å². The molecule has 4 nitrogen and oxygen atoms in total. The van der Waals surface area contributed by atoms with Gasteiger partial charge < -0.3 is 4.74 Å². The van der Waals surface area contributed by atoms with Crippen LogP contribution in [0.2, 0.25) is 0 Å². The van der Waals surface area contributed by atoms with E-state index in [1.54, 1.807) is 0 Å². The molecule has 2 heterocycles. The van der Waals surface area contributed by atoms with Crippen LogP contribution in [0.25, 0.3) is 0 Å². The maximum Gasteiger partial charge on any atom is 0.317 e. The summed E-state index contributed by atoms with van der Waals surface area (Å²) in [5.41, 5.74) is 0. The molecule has 0 radical (unpaired) electrons. The first-order valence-electron chi connectivity index (χ1n) is 5.08. The molecule has 0 aliphatic carbocycles. The quantitative estimate of drug-likeness (QED) is 0.445. The van der Waals surface area contributed by atoms with Crippen LogP contribution in [0.1, 0.15) is 19.3 Å². The molecule has 2 atom stereocenters. The Morgan fingerprint density at radius 3 is 3.00 bits per heavy atom. The Balaban J connectivity index is 2.15. The molecule has 0 aromatic heterocycles. The number of fused-ring (bicyclic) bond motifs is 1. The first-order valence-corrected chi connectivity index (χ1v) is 5.08. The number of ether oxygens (including phenoxy) is 1. The highest BCUT2D eigenvalue weighted by molar-refractivity contribution is 6.02. The molecular formula is C10H15NO3. The van der Waals surface area contributed by atoms with Crippen LogP contribution >= 0.6 is 0 Å². The van der Waals surface area contributed by atoms with Crippen molar-refractivity contribution in [3.05, 3.63) is 0 Å². The van der Waals surface area contributed by atoms with Gasteiger partial charge in [-0.15, -0.1) is 0 Å². The number of hydrogen-bond donors (Lipinski definition) is 0. The molecule has 2 fully saturated rings. The third-order valence-corrected chi connectivity index (χ3v) is 3.21. The smallest absolute Gasteiger partial charge is 0.317 e. The summed E-state index contributed by atoms with van der Waals surface area (Å²) in [7, 11) is 1.35. The van der Waals surface area contributed by atoms with E-state index in [0.29, 0.717) is 6.54 Å². The van der Waals surface area contributed by atoms with Crippen molar-refractivity contribution in [2.45, 2.75) is 25.3 Å². The zero-order valence-electron chi connectivity index (χ0n) is 8.36. The lowest BCUT2D eigenvalue weighted by Crippen LogP contribution is -2.39. The van der Waals surface area contributed by atoms with Gasteiger partial charge in [0.05, 0.1) is 13.7 Å². The van der Waals surface area contributed by atoms with Crippen LogP contribution in [0, 0.1) is 5.92 Å². The Bertz CT molecular complexity index is 264. The van der Waals surface area contributed by atoms with Gasteiger partial charge in [-0.3, -0.25) is 14.5 Å². The molecule has 0 aromatic rings.